The number of rotatable bonds is 8. The van der Waals surface area contributed by atoms with E-state index in [1.165, 1.54) is 23.1 Å². The molecule has 0 bridgehead atoms. The van der Waals surface area contributed by atoms with Crippen molar-refractivity contribution in [2.24, 2.45) is 0 Å². The monoisotopic (exact) mass is 394 g/mol. The topological polar surface area (TPSA) is 84.0 Å². The maximum atomic E-state index is 12.3. The molecule has 2 amide bonds. The van der Waals surface area contributed by atoms with E-state index in [1.54, 1.807) is 36.0 Å². The van der Waals surface area contributed by atoms with Crippen molar-refractivity contribution in [2.45, 2.75) is 34.5 Å². The molecule has 0 spiro atoms. The van der Waals surface area contributed by atoms with Gasteiger partial charge in [0, 0.05) is 6.04 Å². The minimum Gasteiger partial charge on any atom is -0.349 e. The maximum absolute atomic E-state index is 12.3. The molecule has 1 aliphatic rings. The van der Waals surface area contributed by atoms with Crippen LogP contribution in [0, 0.1) is 0 Å². The van der Waals surface area contributed by atoms with Gasteiger partial charge in [-0.3, -0.25) is 9.59 Å². The van der Waals surface area contributed by atoms with Gasteiger partial charge in [-0.05, 0) is 30.7 Å². The fraction of sp³-hybridized carbons (Fsp3) is 0.375. The van der Waals surface area contributed by atoms with Crippen LogP contribution in [0.2, 0.25) is 0 Å². The number of carbonyl (C=O) groups excluding carboxylic acids is 2. The molecule has 0 unspecified atom stereocenters. The van der Waals surface area contributed by atoms with Gasteiger partial charge in [-0.15, -0.1) is 10.2 Å². The van der Waals surface area contributed by atoms with Gasteiger partial charge in [0.05, 0.1) is 17.0 Å². The van der Waals surface area contributed by atoms with E-state index < -0.39 is 0 Å². The molecule has 6 nitrogen and oxygen atoms in total. The van der Waals surface area contributed by atoms with E-state index in [0.717, 1.165) is 27.3 Å². The Morgan fingerprint density at radius 1 is 1.20 bits per heavy atom. The number of para-hydroxylation sites is 1. The lowest BCUT2D eigenvalue weighted by Crippen LogP contribution is -2.27. The summed E-state index contributed by atoms with van der Waals surface area (Å²) in [4.78, 5) is 24.5. The minimum absolute atomic E-state index is 0.142. The van der Waals surface area contributed by atoms with E-state index in [4.69, 9.17) is 0 Å². The van der Waals surface area contributed by atoms with E-state index in [1.807, 2.05) is 0 Å². The maximum Gasteiger partial charge on any atom is 0.253 e. The summed E-state index contributed by atoms with van der Waals surface area (Å²) in [6.07, 6.45) is 2.05. The van der Waals surface area contributed by atoms with Crippen LogP contribution in [0.3, 0.4) is 0 Å². The van der Waals surface area contributed by atoms with Gasteiger partial charge in [0.1, 0.15) is 0 Å². The van der Waals surface area contributed by atoms with Gasteiger partial charge in [0.2, 0.25) is 5.91 Å². The Morgan fingerprint density at radius 3 is 2.64 bits per heavy atom. The lowest BCUT2D eigenvalue weighted by Gasteiger charge is -2.10. The number of carbonyl (C=O) groups is 2. The molecule has 132 valence electrons. The summed E-state index contributed by atoms with van der Waals surface area (Å²) in [7, 11) is 0. The number of benzene rings is 1. The molecule has 0 atom stereocenters. The largest absolute Gasteiger partial charge is 0.349 e. The molecular weight excluding hydrogens is 376 g/mol. The molecule has 0 radical (unpaired) electrons. The molecule has 1 fully saturated rings. The van der Waals surface area contributed by atoms with E-state index >= 15 is 0 Å². The van der Waals surface area contributed by atoms with E-state index in [2.05, 4.69) is 27.8 Å². The number of nitrogens with zero attached hydrogens (tertiary/aromatic N) is 2. The molecule has 2 N–H and O–H groups in total. The summed E-state index contributed by atoms with van der Waals surface area (Å²) in [5.41, 5.74) is 1.02. The molecule has 9 heteroatoms. The summed E-state index contributed by atoms with van der Waals surface area (Å²) >= 11 is 4.47. The van der Waals surface area contributed by atoms with Crippen molar-refractivity contribution in [3.8, 4) is 0 Å². The minimum atomic E-state index is -0.170. The van der Waals surface area contributed by atoms with Gasteiger partial charge >= 0.3 is 0 Å². The zero-order chi connectivity index (χ0) is 17.6. The molecule has 2 aromatic rings. The number of hydrogen-bond donors (Lipinski definition) is 2. The molecular formula is C16H18N4O2S3. The van der Waals surface area contributed by atoms with Gasteiger partial charge in [0.25, 0.3) is 5.91 Å². The predicted molar refractivity (Wildman–Crippen MR) is 103 cm³/mol. The first kappa shape index (κ1) is 18.2. The number of amides is 2. The summed E-state index contributed by atoms with van der Waals surface area (Å²) in [6, 6.07) is 7.33. The average Bonchev–Trinajstić information content (AvgIpc) is 3.30. The number of anilines is 1. The first-order chi connectivity index (χ1) is 12.2. The Balaban J connectivity index is 1.55. The standard InChI is InChI=1S/C16H18N4O2S3/c1-2-23-15-19-20-16(25-15)24-9-13(21)18-12-6-4-3-5-11(12)14(22)17-10-7-8-10/h3-6,10H,2,7-9H2,1H3,(H,17,22)(H,18,21). The molecule has 0 aliphatic heterocycles. The lowest BCUT2D eigenvalue weighted by molar-refractivity contribution is -0.113. The van der Waals surface area contributed by atoms with Crippen molar-refractivity contribution in [1.29, 1.82) is 0 Å². The summed E-state index contributed by atoms with van der Waals surface area (Å²) in [5.74, 6) is 0.858. The van der Waals surface area contributed by atoms with Crippen LogP contribution in [0.5, 0.6) is 0 Å². The third-order valence-electron chi connectivity index (χ3n) is 3.34. The van der Waals surface area contributed by atoms with Gasteiger partial charge in [-0.1, -0.05) is 53.9 Å². The van der Waals surface area contributed by atoms with Crippen molar-refractivity contribution in [3.05, 3.63) is 29.8 Å². The molecule has 1 heterocycles. The molecule has 1 aromatic carbocycles. The van der Waals surface area contributed by atoms with Crippen LogP contribution < -0.4 is 10.6 Å². The van der Waals surface area contributed by atoms with E-state index in [-0.39, 0.29) is 23.6 Å². The second-order valence-corrected chi connectivity index (χ2v) is 9.11. The highest BCUT2D eigenvalue weighted by atomic mass is 32.2. The Morgan fingerprint density at radius 2 is 1.92 bits per heavy atom. The van der Waals surface area contributed by atoms with Crippen LogP contribution in [0.1, 0.15) is 30.1 Å². The molecule has 1 aliphatic carbocycles. The smallest absolute Gasteiger partial charge is 0.253 e. The number of thioether (sulfide) groups is 2. The molecule has 3 rings (SSSR count). The Kier molecular flexibility index (Phi) is 6.33. The summed E-state index contributed by atoms with van der Waals surface area (Å²) in [5, 5.41) is 13.9. The first-order valence-electron chi connectivity index (χ1n) is 7.94. The molecule has 1 aromatic heterocycles. The third-order valence-corrected chi connectivity index (χ3v) is 6.41. The van der Waals surface area contributed by atoms with Crippen molar-refractivity contribution in [2.75, 3.05) is 16.8 Å². The Labute approximate surface area is 158 Å². The van der Waals surface area contributed by atoms with Crippen LogP contribution in [-0.4, -0.2) is 39.6 Å². The fourth-order valence-corrected chi connectivity index (χ4v) is 4.75. The average molecular weight is 395 g/mol. The molecule has 25 heavy (non-hydrogen) atoms. The Hall–Kier alpha value is -1.58. The van der Waals surface area contributed by atoms with Crippen molar-refractivity contribution < 1.29 is 9.59 Å². The van der Waals surface area contributed by atoms with Crippen molar-refractivity contribution in [1.82, 2.24) is 15.5 Å². The van der Waals surface area contributed by atoms with Gasteiger partial charge < -0.3 is 10.6 Å². The van der Waals surface area contributed by atoms with Crippen LogP contribution in [0.25, 0.3) is 0 Å². The predicted octanol–water partition coefficient (Wildman–Crippen LogP) is 3.27. The SMILES string of the molecule is CCSc1nnc(SCC(=O)Nc2ccccc2C(=O)NC2CC2)s1. The van der Waals surface area contributed by atoms with Crippen LogP contribution in [-0.2, 0) is 4.79 Å². The second kappa shape index (κ2) is 8.68. The van der Waals surface area contributed by atoms with Gasteiger partial charge in [-0.2, -0.15) is 0 Å². The lowest BCUT2D eigenvalue weighted by atomic mass is 10.1. The summed E-state index contributed by atoms with van der Waals surface area (Å²) in [6.45, 7) is 2.06. The Bertz CT molecular complexity index is 761. The molecule has 0 saturated heterocycles. The fourth-order valence-electron chi connectivity index (χ4n) is 2.03. The van der Waals surface area contributed by atoms with Crippen molar-refractivity contribution >= 4 is 52.4 Å². The van der Waals surface area contributed by atoms with Crippen LogP contribution in [0.15, 0.2) is 32.9 Å². The second-order valence-electron chi connectivity index (χ2n) is 5.40. The van der Waals surface area contributed by atoms with Crippen molar-refractivity contribution in [3.63, 3.8) is 0 Å². The highest BCUT2D eigenvalue weighted by Crippen LogP contribution is 2.28. The zero-order valence-corrected chi connectivity index (χ0v) is 16.1. The normalized spacial score (nSPS) is 13.5. The third kappa shape index (κ3) is 5.45. The van der Waals surface area contributed by atoms with E-state index in [0.29, 0.717) is 11.3 Å². The number of hydrogen-bond acceptors (Lipinski definition) is 7. The van der Waals surface area contributed by atoms with Gasteiger partial charge in [0.15, 0.2) is 8.68 Å². The molecule has 1 saturated carbocycles. The summed E-state index contributed by atoms with van der Waals surface area (Å²) < 4.78 is 1.68. The quantitative estimate of drug-likeness (QED) is 0.669. The van der Waals surface area contributed by atoms with E-state index in [9.17, 15) is 9.59 Å². The van der Waals surface area contributed by atoms with Crippen LogP contribution in [0.4, 0.5) is 5.69 Å². The zero-order valence-electron chi connectivity index (χ0n) is 13.7. The number of nitrogens with one attached hydrogen (secondary N) is 2. The number of aromatic nitrogens is 2. The first-order valence-corrected chi connectivity index (χ1v) is 10.7. The highest BCUT2D eigenvalue weighted by Gasteiger charge is 2.25. The van der Waals surface area contributed by atoms with Gasteiger partial charge in [-0.25, -0.2) is 0 Å². The highest BCUT2D eigenvalue weighted by molar-refractivity contribution is 8.03. The van der Waals surface area contributed by atoms with Crippen LogP contribution >= 0.6 is 34.9 Å².